The lowest BCUT2D eigenvalue weighted by atomic mass is 10.1. The zero-order chi connectivity index (χ0) is 24.2. The molecule has 0 amide bonds. The van der Waals surface area contributed by atoms with Gasteiger partial charge in [-0.15, -0.1) is 11.8 Å². The van der Waals surface area contributed by atoms with Gasteiger partial charge in [0.2, 0.25) is 0 Å². The number of hydrogen-bond acceptors (Lipinski definition) is 5. The molecule has 0 aliphatic rings. The van der Waals surface area contributed by atoms with Crippen molar-refractivity contribution in [3.05, 3.63) is 99.3 Å². The molecule has 0 unspecified atom stereocenters. The van der Waals surface area contributed by atoms with E-state index in [1.165, 1.54) is 42.1 Å². The van der Waals surface area contributed by atoms with Crippen molar-refractivity contribution in [2.45, 2.75) is 31.2 Å². The second-order valence-electron chi connectivity index (χ2n) is 7.87. The van der Waals surface area contributed by atoms with Gasteiger partial charge in [-0.3, -0.25) is 0 Å². The van der Waals surface area contributed by atoms with Gasteiger partial charge < -0.3 is 9.47 Å². The Morgan fingerprint density at radius 3 is 2.62 bits per heavy atom. The molecular formula is C27H23ClFNO3S. The van der Waals surface area contributed by atoms with Crippen LogP contribution in [0.5, 0.6) is 5.75 Å². The number of fused-ring (bicyclic) bond motifs is 1. The molecule has 34 heavy (non-hydrogen) atoms. The standard InChI is InChI=1S/C27H23ClFNO3S/c1-16-8-9-17(2)19(12-16)15-34-26-24(27(31)32-3)25(21-6-4-5-7-23(21)30-26)33-14-18-10-11-20(29)13-22(18)28/h4-13H,14-15H2,1-3H3. The van der Waals surface area contributed by atoms with Crippen molar-refractivity contribution in [1.82, 2.24) is 4.98 Å². The van der Waals surface area contributed by atoms with Gasteiger partial charge >= 0.3 is 5.97 Å². The Hall–Kier alpha value is -3.09. The van der Waals surface area contributed by atoms with Crippen LogP contribution in [0.1, 0.15) is 32.6 Å². The number of para-hydroxylation sites is 1. The first-order valence-corrected chi connectivity index (χ1v) is 12.0. The Kier molecular flexibility index (Phi) is 7.39. The summed E-state index contributed by atoms with van der Waals surface area (Å²) in [5, 5.41) is 1.45. The highest BCUT2D eigenvalue weighted by Crippen LogP contribution is 2.38. The summed E-state index contributed by atoms with van der Waals surface area (Å²) in [7, 11) is 1.33. The predicted octanol–water partition coefficient (Wildman–Crippen LogP) is 7.30. The highest BCUT2D eigenvalue weighted by Gasteiger charge is 2.24. The molecule has 4 aromatic rings. The minimum atomic E-state index is -0.540. The molecule has 0 radical (unpaired) electrons. The number of carbonyl (C=O) groups is 1. The summed E-state index contributed by atoms with van der Waals surface area (Å²) in [6.07, 6.45) is 0. The number of pyridine rings is 1. The molecule has 0 aliphatic carbocycles. The second kappa shape index (κ2) is 10.5. The summed E-state index contributed by atoms with van der Waals surface area (Å²) in [5.74, 6) is 0.0261. The average Bonchev–Trinajstić information content (AvgIpc) is 2.83. The fourth-order valence-electron chi connectivity index (χ4n) is 3.59. The second-order valence-corrected chi connectivity index (χ2v) is 9.24. The maximum absolute atomic E-state index is 13.5. The van der Waals surface area contributed by atoms with Crippen LogP contribution in [0, 0.1) is 19.7 Å². The zero-order valence-electron chi connectivity index (χ0n) is 19.0. The fraction of sp³-hybridized carbons (Fsp3) is 0.185. The van der Waals surface area contributed by atoms with E-state index >= 15 is 0 Å². The van der Waals surface area contributed by atoms with Crippen LogP contribution in [0.3, 0.4) is 0 Å². The van der Waals surface area contributed by atoms with Crippen LogP contribution in [-0.4, -0.2) is 18.1 Å². The van der Waals surface area contributed by atoms with E-state index in [1.807, 2.05) is 31.2 Å². The molecule has 1 heterocycles. The molecule has 0 bridgehead atoms. The van der Waals surface area contributed by atoms with Crippen molar-refractivity contribution in [3.63, 3.8) is 0 Å². The van der Waals surface area contributed by atoms with Gasteiger partial charge in [0.05, 0.1) is 17.6 Å². The molecule has 174 valence electrons. The monoisotopic (exact) mass is 495 g/mol. The van der Waals surface area contributed by atoms with Crippen LogP contribution < -0.4 is 4.74 Å². The Morgan fingerprint density at radius 2 is 1.85 bits per heavy atom. The number of halogens is 2. The number of nitrogens with zero attached hydrogens (tertiary/aromatic N) is 1. The number of carbonyl (C=O) groups excluding carboxylic acids is 1. The maximum Gasteiger partial charge on any atom is 0.344 e. The summed E-state index contributed by atoms with van der Waals surface area (Å²) in [4.78, 5) is 17.7. The van der Waals surface area contributed by atoms with Gasteiger partial charge in [-0.25, -0.2) is 14.2 Å². The van der Waals surface area contributed by atoms with Gasteiger partial charge in [-0.1, -0.05) is 53.6 Å². The van der Waals surface area contributed by atoms with Gasteiger partial charge in [-0.05, 0) is 49.2 Å². The third-order valence-corrected chi connectivity index (χ3v) is 6.83. The van der Waals surface area contributed by atoms with Gasteiger partial charge in [-0.2, -0.15) is 0 Å². The number of ether oxygens (including phenoxy) is 2. The third kappa shape index (κ3) is 5.18. The average molecular weight is 496 g/mol. The van der Waals surface area contributed by atoms with Gasteiger partial charge in [0.15, 0.2) is 0 Å². The Labute approximate surface area is 207 Å². The van der Waals surface area contributed by atoms with Crippen molar-refractivity contribution in [2.24, 2.45) is 0 Å². The van der Waals surface area contributed by atoms with Crippen molar-refractivity contribution in [3.8, 4) is 5.75 Å². The zero-order valence-corrected chi connectivity index (χ0v) is 20.6. The quantitative estimate of drug-likeness (QED) is 0.199. The minimum Gasteiger partial charge on any atom is -0.487 e. The molecule has 0 saturated heterocycles. The van der Waals surface area contributed by atoms with E-state index < -0.39 is 11.8 Å². The molecule has 7 heteroatoms. The van der Waals surface area contributed by atoms with Crippen LogP contribution in [0.25, 0.3) is 10.9 Å². The molecule has 4 nitrogen and oxygen atoms in total. The number of aromatic nitrogens is 1. The first-order chi connectivity index (χ1) is 16.4. The Balaban J connectivity index is 1.77. The van der Waals surface area contributed by atoms with E-state index in [-0.39, 0.29) is 17.2 Å². The number of rotatable bonds is 7. The van der Waals surface area contributed by atoms with E-state index in [2.05, 4.69) is 25.1 Å². The normalized spacial score (nSPS) is 11.0. The molecular weight excluding hydrogens is 473 g/mol. The molecule has 4 rings (SSSR count). The smallest absolute Gasteiger partial charge is 0.344 e. The van der Waals surface area contributed by atoms with Crippen LogP contribution >= 0.6 is 23.4 Å². The predicted molar refractivity (Wildman–Crippen MR) is 134 cm³/mol. The molecule has 3 aromatic carbocycles. The molecule has 0 N–H and O–H groups in total. The lowest BCUT2D eigenvalue weighted by Gasteiger charge is -2.17. The highest BCUT2D eigenvalue weighted by molar-refractivity contribution is 7.98. The first kappa shape index (κ1) is 24.0. The summed E-state index contributed by atoms with van der Waals surface area (Å²) in [5.41, 5.74) is 5.05. The fourth-order valence-corrected chi connectivity index (χ4v) is 4.90. The molecule has 0 atom stereocenters. The summed E-state index contributed by atoms with van der Waals surface area (Å²) < 4.78 is 24.7. The van der Waals surface area contributed by atoms with Crippen molar-refractivity contribution < 1.29 is 18.7 Å². The lowest BCUT2D eigenvalue weighted by molar-refractivity contribution is 0.0590. The van der Waals surface area contributed by atoms with Crippen LogP contribution in [0.4, 0.5) is 4.39 Å². The minimum absolute atomic E-state index is 0.0538. The van der Waals surface area contributed by atoms with E-state index in [1.54, 1.807) is 6.07 Å². The SMILES string of the molecule is COC(=O)c1c(SCc2cc(C)ccc2C)nc2ccccc2c1OCc1ccc(F)cc1Cl. The van der Waals surface area contributed by atoms with Gasteiger partial charge in [0, 0.05) is 16.7 Å². The van der Waals surface area contributed by atoms with Crippen molar-refractivity contribution in [2.75, 3.05) is 7.11 Å². The molecule has 0 spiro atoms. The number of thioether (sulfide) groups is 1. The number of methoxy groups -OCH3 is 1. The van der Waals surface area contributed by atoms with Crippen LogP contribution in [-0.2, 0) is 17.1 Å². The van der Waals surface area contributed by atoms with Crippen molar-refractivity contribution >= 4 is 40.2 Å². The molecule has 1 aromatic heterocycles. The Bertz CT molecular complexity index is 1380. The first-order valence-electron chi connectivity index (χ1n) is 10.6. The van der Waals surface area contributed by atoms with E-state index in [9.17, 15) is 9.18 Å². The number of aryl methyl sites for hydroxylation is 2. The van der Waals surface area contributed by atoms with Crippen LogP contribution in [0.15, 0.2) is 65.7 Å². The lowest BCUT2D eigenvalue weighted by Crippen LogP contribution is -2.10. The Morgan fingerprint density at radius 1 is 1.06 bits per heavy atom. The van der Waals surface area contributed by atoms with Crippen LogP contribution in [0.2, 0.25) is 5.02 Å². The molecule has 0 fully saturated rings. The van der Waals surface area contributed by atoms with E-state index in [0.717, 1.165) is 5.56 Å². The highest BCUT2D eigenvalue weighted by atomic mass is 35.5. The maximum atomic E-state index is 13.5. The summed E-state index contributed by atoms with van der Waals surface area (Å²) in [6.45, 7) is 4.16. The molecule has 0 saturated carbocycles. The largest absolute Gasteiger partial charge is 0.487 e. The molecule has 0 aliphatic heterocycles. The van der Waals surface area contributed by atoms with Gasteiger partial charge in [0.1, 0.15) is 28.8 Å². The topological polar surface area (TPSA) is 48.4 Å². The number of esters is 1. The number of benzene rings is 3. The third-order valence-electron chi connectivity index (χ3n) is 5.46. The summed E-state index contributed by atoms with van der Waals surface area (Å²) >= 11 is 7.65. The summed E-state index contributed by atoms with van der Waals surface area (Å²) in [6, 6.07) is 17.9. The number of hydrogen-bond donors (Lipinski definition) is 0. The van der Waals surface area contributed by atoms with Crippen molar-refractivity contribution in [1.29, 1.82) is 0 Å². The van der Waals surface area contributed by atoms with Gasteiger partial charge in [0.25, 0.3) is 0 Å². The van der Waals surface area contributed by atoms with E-state index in [4.69, 9.17) is 26.1 Å². The van der Waals surface area contributed by atoms with E-state index in [0.29, 0.717) is 33.0 Å².